The molecule has 1 heterocycles. The van der Waals surface area contributed by atoms with Crippen LogP contribution in [0, 0.1) is 13.8 Å². The number of aromatic amines is 1. The van der Waals surface area contributed by atoms with E-state index in [-0.39, 0.29) is 6.42 Å². The fraction of sp³-hybridized carbons (Fsp3) is 0.333. The van der Waals surface area contributed by atoms with E-state index in [1.807, 2.05) is 0 Å². The van der Waals surface area contributed by atoms with E-state index in [9.17, 15) is 4.79 Å². The van der Waals surface area contributed by atoms with Crippen molar-refractivity contribution in [2.24, 2.45) is 0 Å². The summed E-state index contributed by atoms with van der Waals surface area (Å²) in [6.45, 7) is 4.17. The number of hydrogen-bond acceptors (Lipinski definition) is 2. The molecule has 1 aromatic heterocycles. The molecule has 1 aromatic carbocycles. The molecule has 0 spiro atoms. The molecule has 2 rings (SSSR count). The first-order chi connectivity index (χ1) is 9.04. The summed E-state index contributed by atoms with van der Waals surface area (Å²) in [5.41, 5.74) is 4.62. The van der Waals surface area contributed by atoms with Crippen LogP contribution in [0.3, 0.4) is 0 Å². The number of imidazole rings is 1. The second-order valence-corrected chi connectivity index (χ2v) is 4.86. The molecule has 2 N–H and O–H groups in total. The van der Waals surface area contributed by atoms with E-state index in [0.717, 1.165) is 17.9 Å². The van der Waals surface area contributed by atoms with Crippen molar-refractivity contribution in [2.45, 2.75) is 33.1 Å². The van der Waals surface area contributed by atoms with Gasteiger partial charge in [0.05, 0.1) is 6.42 Å². The lowest BCUT2D eigenvalue weighted by molar-refractivity contribution is -0.136. The fourth-order valence-corrected chi connectivity index (χ4v) is 2.09. The summed E-state index contributed by atoms with van der Waals surface area (Å²) in [6, 6.07) is 6.37. The summed E-state index contributed by atoms with van der Waals surface area (Å²) in [4.78, 5) is 18.0. The highest BCUT2D eigenvalue weighted by molar-refractivity contribution is 5.66. The largest absolute Gasteiger partial charge is 0.481 e. The van der Waals surface area contributed by atoms with Gasteiger partial charge < -0.3 is 10.1 Å². The van der Waals surface area contributed by atoms with E-state index in [1.54, 1.807) is 6.20 Å². The Bertz CT molecular complexity index is 588. The molecule has 0 bridgehead atoms. The number of H-pyrrole nitrogens is 1. The number of hydrogen-bond donors (Lipinski definition) is 2. The molecule has 100 valence electrons. The van der Waals surface area contributed by atoms with E-state index in [0.29, 0.717) is 6.42 Å². The highest BCUT2D eigenvalue weighted by Gasteiger charge is 2.06. The minimum atomic E-state index is -0.787. The Balaban J connectivity index is 2.05. The maximum Gasteiger partial charge on any atom is 0.303 e. The van der Waals surface area contributed by atoms with Crippen molar-refractivity contribution < 1.29 is 9.90 Å². The molecule has 0 saturated carbocycles. The molecule has 0 saturated heterocycles. The summed E-state index contributed by atoms with van der Waals surface area (Å²) in [7, 11) is 0. The first-order valence-electron chi connectivity index (χ1n) is 6.35. The summed E-state index contributed by atoms with van der Waals surface area (Å²) in [6.07, 6.45) is 3.10. The maximum atomic E-state index is 10.5. The number of rotatable bonds is 5. The van der Waals surface area contributed by atoms with Crippen molar-refractivity contribution in [2.75, 3.05) is 0 Å². The Labute approximate surface area is 112 Å². The third-order valence-corrected chi connectivity index (χ3v) is 3.15. The van der Waals surface area contributed by atoms with Crippen LogP contribution in [0.15, 0.2) is 24.4 Å². The summed E-state index contributed by atoms with van der Waals surface area (Å²) in [5.74, 6) is 0.0953. The molecule has 0 amide bonds. The van der Waals surface area contributed by atoms with E-state index < -0.39 is 5.97 Å². The number of nitrogens with one attached hydrogen (secondary N) is 1. The third-order valence-electron chi connectivity index (χ3n) is 3.15. The van der Waals surface area contributed by atoms with Crippen LogP contribution < -0.4 is 0 Å². The number of aliphatic carboxylic acids is 1. The third kappa shape index (κ3) is 3.68. The normalized spacial score (nSPS) is 10.6. The molecule has 0 unspecified atom stereocenters. The molecular weight excluding hydrogens is 240 g/mol. The minimum absolute atomic E-state index is 0.130. The van der Waals surface area contributed by atoms with E-state index in [4.69, 9.17) is 5.11 Å². The number of carbonyl (C=O) groups is 1. The highest BCUT2D eigenvalue weighted by Crippen LogP contribution is 2.14. The van der Waals surface area contributed by atoms with E-state index in [1.165, 1.54) is 16.7 Å². The molecule has 0 radical (unpaired) electrons. The van der Waals surface area contributed by atoms with Crippen LogP contribution in [0.2, 0.25) is 0 Å². The monoisotopic (exact) mass is 258 g/mol. The number of nitrogens with zero attached hydrogens (tertiary/aromatic N) is 1. The van der Waals surface area contributed by atoms with Crippen molar-refractivity contribution in [1.29, 1.82) is 0 Å². The lowest BCUT2D eigenvalue weighted by Gasteiger charge is -2.04. The van der Waals surface area contributed by atoms with Gasteiger partial charge >= 0.3 is 5.97 Å². The van der Waals surface area contributed by atoms with Crippen LogP contribution in [0.1, 0.15) is 34.6 Å². The fourth-order valence-electron chi connectivity index (χ4n) is 2.09. The van der Waals surface area contributed by atoms with Crippen LogP contribution in [0.25, 0.3) is 0 Å². The van der Waals surface area contributed by atoms with Crippen molar-refractivity contribution in [3.8, 4) is 0 Å². The smallest absolute Gasteiger partial charge is 0.303 e. The Hall–Kier alpha value is -2.10. The zero-order chi connectivity index (χ0) is 13.8. The van der Waals surface area contributed by atoms with Gasteiger partial charge in [0.25, 0.3) is 0 Å². The Morgan fingerprint density at radius 3 is 2.84 bits per heavy atom. The Morgan fingerprint density at radius 2 is 2.16 bits per heavy atom. The molecule has 0 fully saturated rings. The lowest BCUT2D eigenvalue weighted by Crippen LogP contribution is -1.98. The number of carboxylic acid groups (broad SMARTS) is 1. The standard InChI is InChI=1S/C15H18N2O2/c1-10-3-4-12(11(2)7-10)8-14-16-9-13(17-14)5-6-15(18)19/h3-4,7,9H,5-6,8H2,1-2H3,(H,16,17)(H,18,19). The quantitative estimate of drug-likeness (QED) is 0.866. The van der Waals surface area contributed by atoms with Crippen LogP contribution in [-0.4, -0.2) is 21.0 Å². The summed E-state index contributed by atoms with van der Waals surface area (Å²) in [5, 5.41) is 8.64. The molecule has 4 heteroatoms. The molecule has 2 aromatic rings. The van der Waals surface area contributed by atoms with Gasteiger partial charge in [0, 0.05) is 18.3 Å². The number of carboxylic acids is 1. The number of aryl methyl sites for hydroxylation is 3. The average molecular weight is 258 g/mol. The van der Waals surface area contributed by atoms with Crippen LogP contribution in [-0.2, 0) is 17.6 Å². The van der Waals surface area contributed by atoms with Crippen molar-refractivity contribution in [3.05, 3.63) is 52.6 Å². The zero-order valence-electron chi connectivity index (χ0n) is 11.2. The lowest BCUT2D eigenvalue weighted by atomic mass is 10.0. The van der Waals surface area contributed by atoms with Crippen molar-refractivity contribution in [3.63, 3.8) is 0 Å². The van der Waals surface area contributed by atoms with Crippen LogP contribution >= 0.6 is 0 Å². The molecule has 0 aliphatic carbocycles. The highest BCUT2D eigenvalue weighted by atomic mass is 16.4. The van der Waals surface area contributed by atoms with E-state index >= 15 is 0 Å². The maximum absolute atomic E-state index is 10.5. The van der Waals surface area contributed by atoms with Gasteiger partial charge in [-0.1, -0.05) is 23.8 Å². The summed E-state index contributed by atoms with van der Waals surface area (Å²) >= 11 is 0. The van der Waals surface area contributed by atoms with E-state index in [2.05, 4.69) is 42.0 Å². The predicted octanol–water partition coefficient (Wildman–Crippen LogP) is 2.63. The Kier molecular flexibility index (Phi) is 4.00. The molecule has 0 aliphatic heterocycles. The molecule has 4 nitrogen and oxygen atoms in total. The van der Waals surface area contributed by atoms with Gasteiger partial charge in [-0.3, -0.25) is 4.79 Å². The topological polar surface area (TPSA) is 66.0 Å². The van der Waals surface area contributed by atoms with Gasteiger partial charge in [0.1, 0.15) is 5.82 Å². The van der Waals surface area contributed by atoms with Gasteiger partial charge in [-0.15, -0.1) is 0 Å². The van der Waals surface area contributed by atoms with Gasteiger partial charge in [-0.05, 0) is 31.4 Å². The number of aromatic nitrogens is 2. The van der Waals surface area contributed by atoms with Gasteiger partial charge in [0.2, 0.25) is 0 Å². The minimum Gasteiger partial charge on any atom is -0.481 e. The average Bonchev–Trinajstić information content (AvgIpc) is 2.78. The Morgan fingerprint density at radius 1 is 1.37 bits per heavy atom. The van der Waals surface area contributed by atoms with Crippen LogP contribution in [0.5, 0.6) is 0 Å². The van der Waals surface area contributed by atoms with Crippen molar-refractivity contribution >= 4 is 5.97 Å². The molecule has 0 atom stereocenters. The molecule has 0 aliphatic rings. The van der Waals surface area contributed by atoms with Crippen LogP contribution in [0.4, 0.5) is 0 Å². The van der Waals surface area contributed by atoms with Gasteiger partial charge in [-0.2, -0.15) is 0 Å². The molecular formula is C15H18N2O2. The predicted molar refractivity (Wildman–Crippen MR) is 73.3 cm³/mol. The zero-order valence-corrected chi connectivity index (χ0v) is 11.2. The SMILES string of the molecule is Cc1ccc(Cc2ncc(CCC(=O)O)[nH]2)c(C)c1. The second-order valence-electron chi connectivity index (χ2n) is 4.86. The summed E-state index contributed by atoms with van der Waals surface area (Å²) < 4.78 is 0. The second kappa shape index (κ2) is 5.69. The number of benzene rings is 1. The van der Waals surface area contributed by atoms with Crippen molar-refractivity contribution in [1.82, 2.24) is 9.97 Å². The first kappa shape index (κ1) is 13.3. The molecule has 19 heavy (non-hydrogen) atoms. The van der Waals surface area contributed by atoms with Gasteiger partial charge in [0.15, 0.2) is 0 Å². The van der Waals surface area contributed by atoms with Gasteiger partial charge in [-0.25, -0.2) is 4.98 Å². The first-order valence-corrected chi connectivity index (χ1v) is 6.35.